The molecule has 2 aromatic heterocycles. The summed E-state index contributed by atoms with van der Waals surface area (Å²) in [5, 5.41) is 11.2. The fourth-order valence-electron chi connectivity index (χ4n) is 4.24. The Kier molecular flexibility index (Phi) is 6.16. The first kappa shape index (κ1) is 23.5. The molecule has 0 radical (unpaired) electrons. The van der Waals surface area contributed by atoms with Crippen LogP contribution in [0, 0.1) is 11.3 Å². The molecule has 0 amide bonds. The average Bonchev–Trinajstić information content (AvgIpc) is 3.38. The molecule has 0 aliphatic heterocycles. The number of halogens is 4. The van der Waals surface area contributed by atoms with Gasteiger partial charge in [0.15, 0.2) is 0 Å². The van der Waals surface area contributed by atoms with Gasteiger partial charge >= 0.3 is 6.18 Å². The summed E-state index contributed by atoms with van der Waals surface area (Å²) in [6.45, 7) is 0.726. The number of aromatic nitrogens is 2. The molecular formula is C22H20ClF3N4O2S. The zero-order valence-electron chi connectivity index (χ0n) is 17.5. The largest absolute Gasteiger partial charge is 0.404 e. The second-order valence-electron chi connectivity index (χ2n) is 8.07. The molecule has 1 aliphatic carbocycles. The van der Waals surface area contributed by atoms with E-state index < -0.39 is 27.1 Å². The van der Waals surface area contributed by atoms with Crippen molar-refractivity contribution in [1.82, 2.24) is 14.3 Å². The van der Waals surface area contributed by atoms with Crippen LogP contribution in [-0.4, -0.2) is 30.2 Å². The van der Waals surface area contributed by atoms with Crippen molar-refractivity contribution in [3.05, 3.63) is 47.1 Å². The van der Waals surface area contributed by atoms with E-state index in [0.29, 0.717) is 27.4 Å². The van der Waals surface area contributed by atoms with Gasteiger partial charge in [-0.3, -0.25) is 4.98 Å². The van der Waals surface area contributed by atoms with E-state index in [1.165, 1.54) is 12.1 Å². The molecule has 0 bridgehead atoms. The second-order valence-corrected chi connectivity index (χ2v) is 10.2. The van der Waals surface area contributed by atoms with E-state index in [2.05, 4.69) is 11.1 Å². The molecular weight excluding hydrogens is 477 g/mol. The first-order valence-corrected chi connectivity index (χ1v) is 12.2. The van der Waals surface area contributed by atoms with E-state index in [0.717, 1.165) is 44.3 Å². The summed E-state index contributed by atoms with van der Waals surface area (Å²) in [4.78, 5) is 3.84. The number of nitrogens with zero attached hydrogens (tertiary/aromatic N) is 3. The fourth-order valence-corrected chi connectivity index (χ4v) is 5.58. The minimum Gasteiger partial charge on any atom is -0.335 e. The Labute approximate surface area is 194 Å². The molecule has 6 nitrogen and oxygen atoms in total. The van der Waals surface area contributed by atoms with Crippen molar-refractivity contribution in [3.8, 4) is 17.5 Å². The van der Waals surface area contributed by atoms with Crippen molar-refractivity contribution in [2.75, 3.05) is 0 Å². The number of fused-ring (bicyclic) bond motifs is 1. The van der Waals surface area contributed by atoms with Gasteiger partial charge in [-0.25, -0.2) is 8.42 Å². The third kappa shape index (κ3) is 4.45. The molecule has 1 fully saturated rings. The van der Waals surface area contributed by atoms with Crippen LogP contribution in [0.2, 0.25) is 5.02 Å². The lowest BCUT2D eigenvalue weighted by atomic mass is 10.1. The monoisotopic (exact) mass is 496 g/mol. The zero-order valence-corrected chi connectivity index (χ0v) is 19.1. The van der Waals surface area contributed by atoms with Crippen LogP contribution in [0.3, 0.4) is 0 Å². The molecule has 1 saturated carbocycles. The lowest BCUT2D eigenvalue weighted by Crippen LogP contribution is -2.42. The molecule has 4 rings (SSSR count). The van der Waals surface area contributed by atoms with Crippen LogP contribution >= 0.6 is 11.6 Å². The molecule has 1 unspecified atom stereocenters. The minimum atomic E-state index is -4.72. The smallest absolute Gasteiger partial charge is 0.335 e. The number of hydrogen-bond acceptors (Lipinski definition) is 4. The molecule has 1 N–H and O–H groups in total. The second kappa shape index (κ2) is 8.63. The summed E-state index contributed by atoms with van der Waals surface area (Å²) >= 11 is 6.23. The number of sulfonamides is 1. The summed E-state index contributed by atoms with van der Waals surface area (Å²) in [7, 11) is -4.44. The summed E-state index contributed by atoms with van der Waals surface area (Å²) in [5.74, 6) is 0. The van der Waals surface area contributed by atoms with Crippen LogP contribution in [0.15, 0.2) is 41.4 Å². The van der Waals surface area contributed by atoms with Crippen LogP contribution in [0.4, 0.5) is 13.2 Å². The lowest BCUT2D eigenvalue weighted by molar-refractivity contribution is -0.147. The maximum absolute atomic E-state index is 12.8. The predicted octanol–water partition coefficient (Wildman–Crippen LogP) is 5.57. The molecule has 174 valence electrons. The maximum atomic E-state index is 12.8. The molecule has 1 aromatic carbocycles. The molecule has 0 saturated heterocycles. The number of hydrogen-bond donors (Lipinski definition) is 1. The van der Waals surface area contributed by atoms with Crippen LogP contribution in [-0.2, 0) is 10.0 Å². The van der Waals surface area contributed by atoms with Crippen molar-refractivity contribution >= 4 is 32.5 Å². The molecule has 11 heteroatoms. The molecule has 2 heterocycles. The number of rotatable bonds is 5. The van der Waals surface area contributed by atoms with E-state index in [9.17, 15) is 26.9 Å². The van der Waals surface area contributed by atoms with Crippen LogP contribution < -0.4 is 4.72 Å². The molecule has 33 heavy (non-hydrogen) atoms. The third-order valence-electron chi connectivity index (χ3n) is 5.88. The molecule has 1 aliphatic rings. The number of alkyl halides is 3. The van der Waals surface area contributed by atoms with Gasteiger partial charge in [-0.2, -0.15) is 23.2 Å². The summed E-state index contributed by atoms with van der Waals surface area (Å²) < 4.78 is 66.8. The van der Waals surface area contributed by atoms with Crippen molar-refractivity contribution in [2.45, 2.75) is 55.8 Å². The molecule has 3 aromatic rings. The van der Waals surface area contributed by atoms with Crippen molar-refractivity contribution < 1.29 is 21.6 Å². The van der Waals surface area contributed by atoms with Gasteiger partial charge < -0.3 is 4.57 Å². The number of nitriles is 1. The standard InChI is InChI=1S/C22H20ClF3N4O2S/c1-13(22(24,25)26)29-33(31,32)16-7-9-19(28-12-16)21-18(11-27)17-8-6-14(23)10-20(17)30(21)15-4-2-3-5-15/h6-10,12-13,15,29H,2-5H2,1H3. The Balaban J connectivity index is 1.81. The van der Waals surface area contributed by atoms with E-state index in [1.54, 1.807) is 22.9 Å². The number of pyridine rings is 1. The highest BCUT2D eigenvalue weighted by molar-refractivity contribution is 7.89. The van der Waals surface area contributed by atoms with Gasteiger partial charge in [-0.1, -0.05) is 24.4 Å². The number of nitrogens with one attached hydrogen (secondary N) is 1. The van der Waals surface area contributed by atoms with Gasteiger partial charge in [0.25, 0.3) is 0 Å². The topological polar surface area (TPSA) is 87.8 Å². The summed E-state index contributed by atoms with van der Waals surface area (Å²) in [6, 6.07) is 7.97. The summed E-state index contributed by atoms with van der Waals surface area (Å²) in [5.41, 5.74) is 2.08. The normalized spacial score (nSPS) is 16.2. The fraction of sp³-hybridized carbons (Fsp3) is 0.364. The van der Waals surface area contributed by atoms with Gasteiger partial charge in [0.05, 0.1) is 22.5 Å². The van der Waals surface area contributed by atoms with Gasteiger partial charge in [0.1, 0.15) is 17.0 Å². The van der Waals surface area contributed by atoms with Gasteiger partial charge in [0.2, 0.25) is 10.0 Å². The SMILES string of the molecule is CC(NS(=O)(=O)c1ccc(-c2c(C#N)c3ccc(Cl)cc3n2C2CCCC2)nc1)C(F)(F)F. The quantitative estimate of drug-likeness (QED) is 0.500. The van der Waals surface area contributed by atoms with E-state index in [1.807, 2.05) is 4.57 Å². The first-order chi connectivity index (χ1) is 15.5. The maximum Gasteiger partial charge on any atom is 0.404 e. The zero-order chi connectivity index (χ0) is 24.0. The van der Waals surface area contributed by atoms with E-state index >= 15 is 0 Å². The Morgan fingerprint density at radius 2 is 1.94 bits per heavy atom. The summed E-state index contributed by atoms with van der Waals surface area (Å²) in [6.07, 6.45) is 0.205. The highest BCUT2D eigenvalue weighted by atomic mass is 35.5. The van der Waals surface area contributed by atoms with E-state index in [-0.39, 0.29) is 6.04 Å². The van der Waals surface area contributed by atoms with Crippen LogP contribution in [0.1, 0.15) is 44.2 Å². The highest BCUT2D eigenvalue weighted by Gasteiger charge is 2.39. The molecule has 0 spiro atoms. The average molecular weight is 497 g/mol. The Hall–Kier alpha value is -2.61. The first-order valence-electron chi connectivity index (χ1n) is 10.3. The van der Waals surface area contributed by atoms with Crippen molar-refractivity contribution in [1.29, 1.82) is 5.26 Å². The minimum absolute atomic E-state index is 0.127. The Morgan fingerprint density at radius 1 is 1.24 bits per heavy atom. The van der Waals surface area contributed by atoms with Crippen molar-refractivity contribution in [3.63, 3.8) is 0 Å². The van der Waals surface area contributed by atoms with Gasteiger partial charge in [0, 0.05) is 22.6 Å². The van der Waals surface area contributed by atoms with Crippen LogP contribution in [0.5, 0.6) is 0 Å². The molecule has 1 atom stereocenters. The van der Waals surface area contributed by atoms with Gasteiger partial charge in [-0.15, -0.1) is 0 Å². The van der Waals surface area contributed by atoms with Gasteiger partial charge in [-0.05, 0) is 50.1 Å². The van der Waals surface area contributed by atoms with Crippen molar-refractivity contribution in [2.24, 2.45) is 0 Å². The lowest BCUT2D eigenvalue weighted by Gasteiger charge is -2.19. The Bertz CT molecular complexity index is 1340. The highest BCUT2D eigenvalue weighted by Crippen LogP contribution is 2.41. The third-order valence-corrected chi connectivity index (χ3v) is 7.64. The Morgan fingerprint density at radius 3 is 2.52 bits per heavy atom. The van der Waals surface area contributed by atoms with Crippen LogP contribution in [0.25, 0.3) is 22.3 Å². The number of benzene rings is 1. The van der Waals surface area contributed by atoms with E-state index in [4.69, 9.17) is 11.6 Å². The predicted molar refractivity (Wildman–Crippen MR) is 118 cm³/mol.